The Kier molecular flexibility index (Phi) is 3.68. The molecule has 0 radical (unpaired) electrons. The van der Waals surface area contributed by atoms with Gasteiger partial charge in [0.1, 0.15) is 6.67 Å². The minimum Gasteiger partial charge on any atom is -0.476 e. The van der Waals surface area contributed by atoms with E-state index in [4.69, 9.17) is 5.11 Å². The topological polar surface area (TPSA) is 71.2 Å². The number of likely N-dealkylation sites (tertiary alicyclic amines) is 1. The largest absolute Gasteiger partial charge is 0.476 e. The highest BCUT2D eigenvalue weighted by atomic mass is 19.1. The van der Waals surface area contributed by atoms with Crippen molar-refractivity contribution in [1.82, 2.24) is 19.9 Å². The van der Waals surface area contributed by atoms with Gasteiger partial charge in [-0.1, -0.05) is 5.21 Å². The van der Waals surface area contributed by atoms with Crippen molar-refractivity contribution in [3.63, 3.8) is 0 Å². The third-order valence-corrected chi connectivity index (χ3v) is 3.03. The number of aromatic carboxylic acids is 1. The molecule has 1 N–H and O–H groups in total. The third kappa shape index (κ3) is 2.79. The van der Waals surface area contributed by atoms with E-state index in [0.29, 0.717) is 13.1 Å². The zero-order chi connectivity index (χ0) is 12.3. The summed E-state index contributed by atoms with van der Waals surface area (Å²) in [6.07, 6.45) is 3.45. The summed E-state index contributed by atoms with van der Waals surface area (Å²) in [5.41, 5.74) is -0.0555. The van der Waals surface area contributed by atoms with Crippen LogP contribution < -0.4 is 0 Å². The molecule has 94 valence electrons. The van der Waals surface area contributed by atoms with Crippen molar-refractivity contribution in [3.8, 4) is 0 Å². The molecule has 2 rings (SSSR count). The molecule has 1 aliphatic heterocycles. The number of halogens is 1. The minimum absolute atomic E-state index is 0.0555. The van der Waals surface area contributed by atoms with Gasteiger partial charge in [-0.3, -0.25) is 9.58 Å². The molecule has 0 aliphatic carbocycles. The van der Waals surface area contributed by atoms with Crippen LogP contribution in [0, 0.1) is 0 Å². The van der Waals surface area contributed by atoms with E-state index in [1.54, 1.807) is 0 Å². The van der Waals surface area contributed by atoms with Crippen molar-refractivity contribution in [3.05, 3.63) is 11.9 Å². The van der Waals surface area contributed by atoms with Gasteiger partial charge in [0.15, 0.2) is 5.69 Å². The summed E-state index contributed by atoms with van der Waals surface area (Å²) in [5.74, 6) is -1.08. The fraction of sp³-hybridized carbons (Fsp3) is 0.700. The van der Waals surface area contributed by atoms with E-state index >= 15 is 0 Å². The number of carboxylic acids is 1. The normalized spacial score (nSPS) is 20.9. The molecule has 1 aliphatic rings. The molecule has 0 spiro atoms. The molecule has 1 atom stereocenters. The number of nitrogens with zero attached hydrogens (tertiary/aromatic N) is 4. The summed E-state index contributed by atoms with van der Waals surface area (Å²) in [7, 11) is 0. The number of aromatic nitrogens is 3. The van der Waals surface area contributed by atoms with Crippen LogP contribution in [0.4, 0.5) is 4.39 Å². The average Bonchev–Trinajstić information content (AvgIpc) is 2.90. The van der Waals surface area contributed by atoms with Crippen LogP contribution in [-0.2, 0) is 6.54 Å². The molecular weight excluding hydrogens is 227 g/mol. The fourth-order valence-electron chi connectivity index (χ4n) is 2.21. The van der Waals surface area contributed by atoms with Crippen molar-refractivity contribution in [2.75, 3.05) is 19.8 Å². The number of carboxylic acid groups (broad SMARTS) is 1. The Morgan fingerprint density at radius 3 is 3.12 bits per heavy atom. The number of alkyl halides is 1. The molecular formula is C10H15FN4O2. The monoisotopic (exact) mass is 242 g/mol. The van der Waals surface area contributed by atoms with Crippen LogP contribution in [0.1, 0.15) is 23.3 Å². The van der Waals surface area contributed by atoms with Crippen molar-refractivity contribution in [2.45, 2.75) is 25.4 Å². The zero-order valence-corrected chi connectivity index (χ0v) is 9.42. The Balaban J connectivity index is 1.97. The van der Waals surface area contributed by atoms with Gasteiger partial charge in [0.05, 0.1) is 12.7 Å². The first-order valence-corrected chi connectivity index (χ1v) is 5.64. The molecule has 1 aromatic heterocycles. The molecule has 7 heteroatoms. The van der Waals surface area contributed by atoms with E-state index in [1.165, 1.54) is 10.9 Å². The number of hydrogen-bond acceptors (Lipinski definition) is 4. The van der Waals surface area contributed by atoms with Gasteiger partial charge in [0, 0.05) is 12.6 Å². The van der Waals surface area contributed by atoms with Gasteiger partial charge in [0.25, 0.3) is 0 Å². The molecule has 1 aromatic rings. The molecule has 0 saturated carbocycles. The van der Waals surface area contributed by atoms with E-state index in [9.17, 15) is 9.18 Å². The zero-order valence-electron chi connectivity index (χ0n) is 9.42. The maximum atomic E-state index is 12.3. The van der Waals surface area contributed by atoms with E-state index in [0.717, 1.165) is 19.4 Å². The molecule has 0 unspecified atom stereocenters. The van der Waals surface area contributed by atoms with Crippen molar-refractivity contribution in [1.29, 1.82) is 0 Å². The Morgan fingerprint density at radius 2 is 2.47 bits per heavy atom. The molecule has 0 bridgehead atoms. The Labute approximate surface area is 98.0 Å². The predicted molar refractivity (Wildman–Crippen MR) is 57.6 cm³/mol. The highest BCUT2D eigenvalue weighted by Crippen LogP contribution is 2.18. The van der Waals surface area contributed by atoms with E-state index in [-0.39, 0.29) is 18.4 Å². The molecule has 0 amide bonds. The first-order valence-electron chi connectivity index (χ1n) is 5.64. The molecule has 2 heterocycles. The van der Waals surface area contributed by atoms with Gasteiger partial charge in [0.2, 0.25) is 0 Å². The van der Waals surface area contributed by atoms with Crippen LogP contribution in [0.25, 0.3) is 0 Å². The molecule has 17 heavy (non-hydrogen) atoms. The van der Waals surface area contributed by atoms with Crippen LogP contribution in [0.5, 0.6) is 0 Å². The summed E-state index contributed by atoms with van der Waals surface area (Å²) < 4.78 is 13.8. The Morgan fingerprint density at radius 1 is 1.65 bits per heavy atom. The lowest BCUT2D eigenvalue weighted by Gasteiger charge is -2.22. The second kappa shape index (κ2) is 5.22. The highest BCUT2D eigenvalue weighted by Gasteiger charge is 2.25. The average molecular weight is 242 g/mol. The maximum Gasteiger partial charge on any atom is 0.358 e. The predicted octanol–water partition coefficient (Wildman–Crippen LogP) is 0.410. The summed E-state index contributed by atoms with van der Waals surface area (Å²) >= 11 is 0. The lowest BCUT2D eigenvalue weighted by atomic mass is 10.2. The lowest BCUT2D eigenvalue weighted by Crippen LogP contribution is -2.34. The maximum absolute atomic E-state index is 12.3. The smallest absolute Gasteiger partial charge is 0.358 e. The van der Waals surface area contributed by atoms with E-state index in [1.807, 2.05) is 0 Å². The SMILES string of the molecule is O=C(O)c1cn(C[C@H]2CCCN2CCF)nn1. The van der Waals surface area contributed by atoms with Gasteiger partial charge >= 0.3 is 5.97 Å². The fourth-order valence-corrected chi connectivity index (χ4v) is 2.21. The summed E-state index contributed by atoms with van der Waals surface area (Å²) in [6, 6.07) is 0.231. The lowest BCUT2D eigenvalue weighted by molar-refractivity contribution is 0.0690. The van der Waals surface area contributed by atoms with Crippen LogP contribution in [-0.4, -0.2) is 56.8 Å². The van der Waals surface area contributed by atoms with Crippen LogP contribution in [0.3, 0.4) is 0 Å². The van der Waals surface area contributed by atoms with Gasteiger partial charge < -0.3 is 5.11 Å². The standard InChI is InChI=1S/C10H15FN4O2/c11-3-5-14-4-1-2-8(14)6-15-7-9(10(16)17)12-13-15/h7-8H,1-6H2,(H,16,17)/t8-/m1/s1. The first-order chi connectivity index (χ1) is 8.20. The Bertz CT molecular complexity index is 395. The van der Waals surface area contributed by atoms with E-state index < -0.39 is 5.97 Å². The van der Waals surface area contributed by atoms with Gasteiger partial charge in [-0.05, 0) is 19.4 Å². The van der Waals surface area contributed by atoms with Gasteiger partial charge in [-0.2, -0.15) is 0 Å². The minimum atomic E-state index is -1.08. The van der Waals surface area contributed by atoms with Crippen molar-refractivity contribution >= 4 is 5.97 Å². The number of rotatable bonds is 5. The second-order valence-corrected chi connectivity index (χ2v) is 4.15. The molecule has 1 saturated heterocycles. The summed E-state index contributed by atoms with van der Waals surface area (Å²) in [4.78, 5) is 12.7. The summed E-state index contributed by atoms with van der Waals surface area (Å²) in [6.45, 7) is 1.55. The van der Waals surface area contributed by atoms with Crippen LogP contribution in [0.15, 0.2) is 6.20 Å². The van der Waals surface area contributed by atoms with E-state index in [2.05, 4.69) is 15.2 Å². The Hall–Kier alpha value is -1.50. The molecule has 0 aromatic carbocycles. The van der Waals surface area contributed by atoms with Gasteiger partial charge in [-0.25, -0.2) is 9.18 Å². The van der Waals surface area contributed by atoms with Crippen LogP contribution >= 0.6 is 0 Å². The summed E-state index contributed by atoms with van der Waals surface area (Å²) in [5, 5.41) is 16.0. The first kappa shape index (κ1) is 12.0. The van der Waals surface area contributed by atoms with Crippen molar-refractivity contribution in [2.24, 2.45) is 0 Å². The highest BCUT2D eigenvalue weighted by molar-refractivity contribution is 5.84. The number of carbonyl (C=O) groups is 1. The van der Waals surface area contributed by atoms with Crippen LogP contribution in [0.2, 0.25) is 0 Å². The quantitative estimate of drug-likeness (QED) is 0.809. The number of hydrogen-bond donors (Lipinski definition) is 1. The van der Waals surface area contributed by atoms with Crippen molar-refractivity contribution < 1.29 is 14.3 Å². The molecule has 6 nitrogen and oxygen atoms in total. The molecule has 1 fully saturated rings. The van der Waals surface area contributed by atoms with Gasteiger partial charge in [-0.15, -0.1) is 5.10 Å². The third-order valence-electron chi connectivity index (χ3n) is 3.03. The second-order valence-electron chi connectivity index (χ2n) is 4.15.